The molecule has 140 valence electrons. The van der Waals surface area contributed by atoms with E-state index >= 15 is 0 Å². The minimum atomic E-state index is 0.207. The molecule has 25 heavy (non-hydrogen) atoms. The Kier molecular flexibility index (Phi) is 4.78. The van der Waals surface area contributed by atoms with Crippen LogP contribution in [-0.4, -0.2) is 71.8 Å². The molecule has 2 amide bonds. The smallest absolute Gasteiger partial charge is 0.226 e. The quantitative estimate of drug-likeness (QED) is 0.785. The second kappa shape index (κ2) is 6.90. The first-order chi connectivity index (χ1) is 12.1. The van der Waals surface area contributed by atoms with Crippen molar-refractivity contribution in [1.82, 2.24) is 14.7 Å². The molecule has 0 aromatic heterocycles. The lowest BCUT2D eigenvalue weighted by Gasteiger charge is -2.48. The third-order valence-electron chi connectivity index (χ3n) is 7.12. The molecule has 0 aromatic carbocycles. The number of piperidine rings is 3. The molecular weight excluding hydrogens is 314 g/mol. The Hall–Kier alpha value is -1.10. The predicted molar refractivity (Wildman–Crippen MR) is 97.1 cm³/mol. The number of hydrogen-bond donors (Lipinski definition) is 0. The summed E-state index contributed by atoms with van der Waals surface area (Å²) < 4.78 is 0. The fourth-order valence-electron chi connectivity index (χ4n) is 5.18. The number of carbonyl (C=O) groups is 2. The van der Waals surface area contributed by atoms with Crippen molar-refractivity contribution in [3.8, 4) is 0 Å². The van der Waals surface area contributed by atoms with Crippen LogP contribution in [0.15, 0.2) is 0 Å². The normalized spacial score (nSPS) is 30.8. The van der Waals surface area contributed by atoms with Crippen molar-refractivity contribution in [2.75, 3.05) is 39.3 Å². The molecule has 1 saturated carbocycles. The average molecular weight is 348 g/mol. The molecule has 1 spiro atoms. The van der Waals surface area contributed by atoms with Gasteiger partial charge >= 0.3 is 0 Å². The van der Waals surface area contributed by atoms with Gasteiger partial charge in [-0.1, -0.05) is 6.92 Å². The number of likely N-dealkylation sites (tertiary alicyclic amines) is 3. The lowest BCUT2D eigenvalue weighted by molar-refractivity contribution is -0.145. The first-order valence-corrected chi connectivity index (χ1v) is 10.4. The minimum absolute atomic E-state index is 0.207. The number of hydrogen-bond acceptors (Lipinski definition) is 3. The molecule has 4 fully saturated rings. The number of carbonyl (C=O) groups excluding carboxylic acids is 2. The fraction of sp³-hybridized carbons (Fsp3) is 0.900. The van der Waals surface area contributed by atoms with Crippen LogP contribution in [-0.2, 0) is 9.59 Å². The van der Waals surface area contributed by atoms with E-state index in [4.69, 9.17) is 0 Å². The van der Waals surface area contributed by atoms with Gasteiger partial charge in [-0.25, -0.2) is 0 Å². The molecule has 1 aliphatic carbocycles. The Balaban J connectivity index is 1.33. The lowest BCUT2D eigenvalue weighted by Crippen LogP contribution is -2.54. The van der Waals surface area contributed by atoms with Crippen LogP contribution in [0.4, 0.5) is 0 Å². The van der Waals surface area contributed by atoms with E-state index < -0.39 is 0 Å². The van der Waals surface area contributed by atoms with Gasteiger partial charge in [-0.05, 0) is 63.5 Å². The molecule has 0 aromatic rings. The Morgan fingerprint density at radius 2 is 1.88 bits per heavy atom. The van der Waals surface area contributed by atoms with Crippen molar-refractivity contribution in [2.45, 2.75) is 64.3 Å². The third-order valence-corrected chi connectivity index (χ3v) is 7.12. The predicted octanol–water partition coefficient (Wildman–Crippen LogP) is 2.11. The molecule has 0 unspecified atom stereocenters. The third kappa shape index (κ3) is 3.57. The van der Waals surface area contributed by atoms with Gasteiger partial charge in [-0.3, -0.25) is 9.59 Å². The highest BCUT2D eigenvalue weighted by Crippen LogP contribution is 2.43. The van der Waals surface area contributed by atoms with Gasteiger partial charge in [0.2, 0.25) is 11.8 Å². The maximum atomic E-state index is 13.0. The zero-order valence-corrected chi connectivity index (χ0v) is 15.7. The van der Waals surface area contributed by atoms with Gasteiger partial charge in [0.25, 0.3) is 0 Å². The largest absolute Gasteiger partial charge is 0.342 e. The standard InChI is InChI=1S/C20H33N3O2/c1-2-21-11-3-4-16(14-21)19(25)22-12-9-20(10-13-22)8-7-18(24)23(15-20)17-5-6-17/h16-17H,2-15H2,1H3/t16-/m1/s1. The second-order valence-corrected chi connectivity index (χ2v) is 8.81. The van der Waals surface area contributed by atoms with E-state index in [1.54, 1.807) is 0 Å². The van der Waals surface area contributed by atoms with E-state index in [1.165, 1.54) is 12.8 Å². The summed E-state index contributed by atoms with van der Waals surface area (Å²) in [5, 5.41) is 0. The summed E-state index contributed by atoms with van der Waals surface area (Å²) >= 11 is 0. The highest BCUT2D eigenvalue weighted by Gasteiger charge is 2.46. The Bertz CT molecular complexity index is 523. The van der Waals surface area contributed by atoms with Crippen LogP contribution in [0.1, 0.15) is 58.3 Å². The molecule has 0 bridgehead atoms. The van der Waals surface area contributed by atoms with Crippen molar-refractivity contribution in [2.24, 2.45) is 11.3 Å². The number of rotatable bonds is 3. The van der Waals surface area contributed by atoms with E-state index in [9.17, 15) is 9.59 Å². The zero-order chi connectivity index (χ0) is 17.4. The minimum Gasteiger partial charge on any atom is -0.342 e. The molecule has 5 nitrogen and oxygen atoms in total. The molecule has 4 rings (SSSR count). The van der Waals surface area contributed by atoms with Gasteiger partial charge in [0.1, 0.15) is 0 Å². The summed E-state index contributed by atoms with van der Waals surface area (Å²) in [6, 6.07) is 0.534. The van der Waals surface area contributed by atoms with Gasteiger partial charge < -0.3 is 14.7 Å². The van der Waals surface area contributed by atoms with E-state index in [-0.39, 0.29) is 11.3 Å². The fourth-order valence-corrected chi connectivity index (χ4v) is 5.18. The molecule has 3 saturated heterocycles. The topological polar surface area (TPSA) is 43.9 Å². The molecule has 1 atom stereocenters. The van der Waals surface area contributed by atoms with Gasteiger partial charge in [0.15, 0.2) is 0 Å². The van der Waals surface area contributed by atoms with Crippen molar-refractivity contribution in [3.63, 3.8) is 0 Å². The summed E-state index contributed by atoms with van der Waals surface area (Å²) in [7, 11) is 0. The van der Waals surface area contributed by atoms with E-state index in [0.29, 0.717) is 17.9 Å². The van der Waals surface area contributed by atoms with Crippen LogP contribution >= 0.6 is 0 Å². The molecular formula is C20H33N3O2. The summed E-state index contributed by atoms with van der Waals surface area (Å²) in [4.78, 5) is 31.9. The summed E-state index contributed by atoms with van der Waals surface area (Å²) in [5.41, 5.74) is 0.287. The van der Waals surface area contributed by atoms with Crippen LogP contribution in [0.2, 0.25) is 0 Å². The van der Waals surface area contributed by atoms with Crippen molar-refractivity contribution >= 4 is 11.8 Å². The first kappa shape index (κ1) is 17.3. The zero-order valence-electron chi connectivity index (χ0n) is 15.7. The molecule has 0 radical (unpaired) electrons. The van der Waals surface area contributed by atoms with Crippen molar-refractivity contribution < 1.29 is 9.59 Å². The highest BCUT2D eigenvalue weighted by molar-refractivity contribution is 5.79. The highest BCUT2D eigenvalue weighted by atomic mass is 16.2. The SMILES string of the molecule is CCN1CCC[C@@H](C(=O)N2CCC3(CCC(=O)N(C4CC4)C3)CC2)C1. The Labute approximate surface area is 151 Å². The van der Waals surface area contributed by atoms with Crippen LogP contribution < -0.4 is 0 Å². The monoisotopic (exact) mass is 347 g/mol. The maximum Gasteiger partial charge on any atom is 0.226 e. The summed E-state index contributed by atoms with van der Waals surface area (Å²) in [6.45, 7) is 8.08. The van der Waals surface area contributed by atoms with E-state index in [2.05, 4.69) is 21.6 Å². The van der Waals surface area contributed by atoms with Gasteiger partial charge in [-0.2, -0.15) is 0 Å². The molecule has 5 heteroatoms. The number of nitrogens with zero attached hydrogens (tertiary/aromatic N) is 3. The van der Waals surface area contributed by atoms with Crippen LogP contribution in [0.3, 0.4) is 0 Å². The Morgan fingerprint density at radius 3 is 2.56 bits per heavy atom. The molecule has 3 aliphatic heterocycles. The molecule has 0 N–H and O–H groups in total. The van der Waals surface area contributed by atoms with Crippen LogP contribution in [0.25, 0.3) is 0 Å². The molecule has 4 aliphatic rings. The molecule has 3 heterocycles. The van der Waals surface area contributed by atoms with Gasteiger partial charge in [0, 0.05) is 38.6 Å². The van der Waals surface area contributed by atoms with Crippen molar-refractivity contribution in [1.29, 1.82) is 0 Å². The second-order valence-electron chi connectivity index (χ2n) is 8.81. The van der Waals surface area contributed by atoms with E-state index in [1.807, 2.05) is 0 Å². The average Bonchev–Trinajstić information content (AvgIpc) is 3.49. The number of amides is 2. The Morgan fingerprint density at radius 1 is 1.12 bits per heavy atom. The first-order valence-electron chi connectivity index (χ1n) is 10.4. The van der Waals surface area contributed by atoms with Crippen LogP contribution in [0, 0.1) is 11.3 Å². The maximum absolute atomic E-state index is 13.0. The summed E-state index contributed by atoms with van der Waals surface area (Å²) in [5.74, 6) is 0.964. The summed E-state index contributed by atoms with van der Waals surface area (Å²) in [6.07, 6.45) is 8.52. The van der Waals surface area contributed by atoms with Gasteiger partial charge in [-0.15, -0.1) is 0 Å². The van der Waals surface area contributed by atoms with Crippen LogP contribution in [0.5, 0.6) is 0 Å². The van der Waals surface area contributed by atoms with Crippen molar-refractivity contribution in [3.05, 3.63) is 0 Å². The lowest BCUT2D eigenvalue weighted by atomic mass is 9.72. The van der Waals surface area contributed by atoms with E-state index in [0.717, 1.165) is 77.8 Å². The van der Waals surface area contributed by atoms with Gasteiger partial charge in [0.05, 0.1) is 5.92 Å².